The Bertz CT molecular complexity index is 350. The van der Waals surface area contributed by atoms with E-state index in [0.29, 0.717) is 6.61 Å². The fourth-order valence-corrected chi connectivity index (χ4v) is 2.77. The molecule has 3 aliphatic heterocycles. The average Bonchev–Trinajstić information content (AvgIpc) is 2.77. The van der Waals surface area contributed by atoms with Crippen LogP contribution in [0.25, 0.3) is 0 Å². The minimum Gasteiger partial charge on any atom is -0.362 e. The zero-order valence-corrected chi connectivity index (χ0v) is 10.9. The third-order valence-electron chi connectivity index (χ3n) is 3.73. The van der Waals surface area contributed by atoms with Crippen LogP contribution in [0.15, 0.2) is 4.99 Å². The molecule has 3 heterocycles. The average molecular weight is 239 g/mol. The maximum Gasteiger partial charge on any atom is 0.312 e. The lowest BCUT2D eigenvalue weighted by molar-refractivity contribution is -0.204. The van der Waals surface area contributed by atoms with Gasteiger partial charge in [-0.3, -0.25) is 0 Å². The van der Waals surface area contributed by atoms with E-state index in [-0.39, 0.29) is 5.54 Å². The second-order valence-corrected chi connectivity index (χ2v) is 5.86. The maximum atomic E-state index is 5.93. The first-order valence-corrected chi connectivity index (χ1v) is 6.48. The second-order valence-electron chi connectivity index (χ2n) is 5.86. The molecule has 3 rings (SSSR count). The van der Waals surface area contributed by atoms with Crippen molar-refractivity contribution in [3.05, 3.63) is 0 Å². The van der Waals surface area contributed by atoms with Crippen molar-refractivity contribution in [2.24, 2.45) is 4.99 Å². The molecule has 2 saturated heterocycles. The molecular weight excluding hydrogens is 218 g/mol. The monoisotopic (exact) mass is 239 g/mol. The molecule has 0 aromatic rings. The number of nitrogens with zero attached hydrogens (tertiary/aromatic N) is 3. The van der Waals surface area contributed by atoms with Crippen LogP contribution in [-0.4, -0.2) is 47.1 Å². The van der Waals surface area contributed by atoms with Crippen molar-refractivity contribution in [2.45, 2.75) is 51.4 Å². The van der Waals surface area contributed by atoms with E-state index in [1.165, 1.54) is 19.3 Å². The maximum absolute atomic E-state index is 5.93. The Morgan fingerprint density at radius 2 is 1.82 bits per heavy atom. The Labute approximate surface area is 102 Å². The van der Waals surface area contributed by atoms with Crippen molar-refractivity contribution < 1.29 is 9.57 Å². The van der Waals surface area contributed by atoms with Crippen molar-refractivity contribution >= 4 is 6.02 Å². The quantitative estimate of drug-likeness (QED) is 0.643. The molecule has 17 heavy (non-hydrogen) atoms. The van der Waals surface area contributed by atoms with Crippen LogP contribution in [0.4, 0.5) is 0 Å². The van der Waals surface area contributed by atoms with Crippen molar-refractivity contribution in [3.63, 3.8) is 0 Å². The minimum atomic E-state index is -0.629. The molecule has 0 saturated carbocycles. The molecule has 0 aromatic heterocycles. The van der Waals surface area contributed by atoms with Crippen LogP contribution in [0, 0.1) is 0 Å². The molecule has 0 spiro atoms. The Kier molecular flexibility index (Phi) is 2.38. The molecule has 0 bridgehead atoms. The highest BCUT2D eigenvalue weighted by Gasteiger charge is 2.56. The third-order valence-corrected chi connectivity index (χ3v) is 3.73. The lowest BCUT2D eigenvalue weighted by Crippen LogP contribution is -2.47. The molecular formula is C12H21N3O2. The zero-order chi connectivity index (χ0) is 12.1. The Hall–Kier alpha value is -0.810. The van der Waals surface area contributed by atoms with Crippen LogP contribution >= 0.6 is 0 Å². The van der Waals surface area contributed by atoms with Gasteiger partial charge in [0.05, 0.1) is 12.1 Å². The summed E-state index contributed by atoms with van der Waals surface area (Å²) in [6.45, 7) is 8.95. The molecule has 0 aromatic carbocycles. The van der Waals surface area contributed by atoms with E-state index in [4.69, 9.17) is 9.57 Å². The van der Waals surface area contributed by atoms with E-state index in [1.54, 1.807) is 0 Å². The van der Waals surface area contributed by atoms with Crippen LogP contribution in [0.1, 0.15) is 40.0 Å². The molecule has 5 nitrogen and oxygen atoms in total. The van der Waals surface area contributed by atoms with Crippen molar-refractivity contribution in [3.8, 4) is 0 Å². The molecule has 0 radical (unpaired) electrons. The Morgan fingerprint density at radius 1 is 1.12 bits per heavy atom. The largest absolute Gasteiger partial charge is 0.362 e. The van der Waals surface area contributed by atoms with Crippen molar-refractivity contribution in [1.29, 1.82) is 0 Å². The van der Waals surface area contributed by atoms with E-state index in [0.717, 1.165) is 19.1 Å². The second kappa shape index (κ2) is 3.59. The van der Waals surface area contributed by atoms with Gasteiger partial charge >= 0.3 is 6.02 Å². The number of hydrogen-bond donors (Lipinski definition) is 0. The topological polar surface area (TPSA) is 37.3 Å². The standard InChI is InChI=1S/C12H21N3O2/c1-11(2)9-16-12(3)13-10(17-15(11)12)14-7-5-4-6-8-14/h4-9H2,1-3H3. The van der Waals surface area contributed by atoms with Gasteiger partial charge in [-0.25, -0.2) is 0 Å². The van der Waals surface area contributed by atoms with E-state index < -0.39 is 5.85 Å². The molecule has 1 atom stereocenters. The number of aliphatic imine (C=N–C) groups is 1. The van der Waals surface area contributed by atoms with Gasteiger partial charge in [0.2, 0.25) is 0 Å². The summed E-state index contributed by atoms with van der Waals surface area (Å²) in [5.74, 6) is -0.629. The van der Waals surface area contributed by atoms with Gasteiger partial charge in [0.15, 0.2) is 0 Å². The molecule has 1 unspecified atom stereocenters. The summed E-state index contributed by atoms with van der Waals surface area (Å²) in [4.78, 5) is 12.8. The SMILES string of the molecule is CC1(C)COC2(C)N=C(N3CCCCC3)ON12. The van der Waals surface area contributed by atoms with Gasteiger partial charge in [0.25, 0.3) is 5.85 Å². The Balaban J connectivity index is 1.79. The summed E-state index contributed by atoms with van der Waals surface area (Å²) in [7, 11) is 0. The van der Waals surface area contributed by atoms with E-state index in [9.17, 15) is 0 Å². The highest BCUT2D eigenvalue weighted by Crippen LogP contribution is 2.40. The van der Waals surface area contributed by atoms with Gasteiger partial charge in [0.1, 0.15) is 0 Å². The number of ether oxygens (including phenoxy) is 1. The van der Waals surface area contributed by atoms with Crippen LogP contribution in [-0.2, 0) is 9.57 Å². The molecule has 2 fully saturated rings. The number of rotatable bonds is 0. The van der Waals surface area contributed by atoms with E-state index in [1.807, 2.05) is 12.0 Å². The molecule has 96 valence electrons. The third kappa shape index (κ3) is 1.72. The summed E-state index contributed by atoms with van der Waals surface area (Å²) in [6.07, 6.45) is 3.76. The van der Waals surface area contributed by atoms with Gasteiger partial charge in [0, 0.05) is 20.0 Å². The predicted octanol–water partition coefficient (Wildman–Crippen LogP) is 1.56. The van der Waals surface area contributed by atoms with Crippen LogP contribution in [0.3, 0.4) is 0 Å². The molecule has 5 heteroatoms. The molecule has 0 aliphatic carbocycles. The highest BCUT2D eigenvalue weighted by atomic mass is 16.8. The minimum absolute atomic E-state index is 0.115. The van der Waals surface area contributed by atoms with Gasteiger partial charge in [-0.2, -0.15) is 4.99 Å². The lowest BCUT2D eigenvalue weighted by atomic mass is 10.1. The smallest absolute Gasteiger partial charge is 0.312 e. The summed E-state index contributed by atoms with van der Waals surface area (Å²) >= 11 is 0. The van der Waals surface area contributed by atoms with Crippen molar-refractivity contribution in [2.75, 3.05) is 19.7 Å². The van der Waals surface area contributed by atoms with E-state index >= 15 is 0 Å². The normalized spacial score (nSPS) is 36.6. The molecule has 0 N–H and O–H groups in total. The van der Waals surface area contributed by atoms with Crippen LogP contribution in [0.5, 0.6) is 0 Å². The van der Waals surface area contributed by atoms with Gasteiger partial charge in [-0.15, -0.1) is 0 Å². The van der Waals surface area contributed by atoms with Gasteiger partial charge < -0.3 is 14.5 Å². The van der Waals surface area contributed by atoms with E-state index in [2.05, 4.69) is 23.7 Å². The van der Waals surface area contributed by atoms with Gasteiger partial charge in [-0.05, 0) is 33.1 Å². The summed E-state index contributed by atoms with van der Waals surface area (Å²) in [6, 6.07) is 0.736. The number of hydroxylamine groups is 2. The van der Waals surface area contributed by atoms with Crippen LogP contribution in [0.2, 0.25) is 0 Å². The predicted molar refractivity (Wildman–Crippen MR) is 64.2 cm³/mol. The number of fused-ring (bicyclic) bond motifs is 1. The number of hydrogen-bond acceptors (Lipinski definition) is 5. The number of piperidine rings is 1. The molecule has 3 aliphatic rings. The fraction of sp³-hybridized carbons (Fsp3) is 0.917. The number of likely N-dealkylation sites (tertiary alicyclic amines) is 1. The summed E-state index contributed by atoms with van der Waals surface area (Å²) in [5, 5.41) is 1.89. The van der Waals surface area contributed by atoms with Crippen molar-refractivity contribution in [1.82, 2.24) is 9.96 Å². The fourth-order valence-electron chi connectivity index (χ4n) is 2.77. The molecule has 0 amide bonds. The highest BCUT2D eigenvalue weighted by molar-refractivity contribution is 5.75. The number of amidine groups is 1. The van der Waals surface area contributed by atoms with Crippen LogP contribution < -0.4 is 0 Å². The zero-order valence-electron chi connectivity index (χ0n) is 10.9. The lowest BCUT2D eigenvalue weighted by Gasteiger charge is -2.31. The first kappa shape index (κ1) is 11.3. The summed E-state index contributed by atoms with van der Waals surface area (Å²) < 4.78 is 5.79. The first-order chi connectivity index (χ1) is 8.01. The first-order valence-electron chi connectivity index (χ1n) is 6.48. The van der Waals surface area contributed by atoms with Gasteiger partial charge in [-0.1, -0.05) is 5.06 Å². The summed E-state index contributed by atoms with van der Waals surface area (Å²) in [5.41, 5.74) is -0.115. The Morgan fingerprint density at radius 3 is 2.47 bits per heavy atom.